The molecule has 0 aliphatic heterocycles. The average Bonchev–Trinajstić information content (AvgIpc) is 3.19. The molecule has 0 atom stereocenters. The number of para-hydroxylation sites is 1. The molecule has 8 heteroatoms. The van der Waals surface area contributed by atoms with Gasteiger partial charge < -0.3 is 15.2 Å². The Bertz CT molecular complexity index is 1200. The molecular weight excluding hydrogens is 418 g/mol. The summed E-state index contributed by atoms with van der Waals surface area (Å²) in [5, 5.41) is 16.8. The fourth-order valence-electron chi connectivity index (χ4n) is 2.85. The molecule has 6 nitrogen and oxygen atoms in total. The topological polar surface area (TPSA) is 83.5 Å². The van der Waals surface area contributed by atoms with Crippen molar-refractivity contribution in [2.45, 2.75) is 0 Å². The molecule has 3 N–H and O–H groups in total. The van der Waals surface area contributed by atoms with E-state index in [2.05, 4.69) is 15.6 Å². The summed E-state index contributed by atoms with van der Waals surface area (Å²) in [4.78, 5) is 16.9. The summed E-state index contributed by atoms with van der Waals surface area (Å²) < 4.78 is 6.13. The van der Waals surface area contributed by atoms with Crippen LogP contribution in [0.5, 0.6) is 11.5 Å². The van der Waals surface area contributed by atoms with E-state index in [9.17, 15) is 9.90 Å². The number of ether oxygens (including phenoxy) is 1. The highest BCUT2D eigenvalue weighted by molar-refractivity contribution is 7.80. The zero-order valence-corrected chi connectivity index (χ0v) is 17.5. The zero-order chi connectivity index (χ0) is 21.1. The summed E-state index contributed by atoms with van der Waals surface area (Å²) >= 11 is 6.75. The van der Waals surface area contributed by atoms with Gasteiger partial charge in [-0.25, -0.2) is 4.98 Å². The average molecular weight is 436 g/mol. The van der Waals surface area contributed by atoms with Crippen LogP contribution in [-0.4, -0.2) is 28.2 Å². The summed E-state index contributed by atoms with van der Waals surface area (Å²) in [6, 6.07) is 19.5. The number of nitrogens with zero attached hydrogens (tertiary/aromatic N) is 1. The van der Waals surface area contributed by atoms with Gasteiger partial charge in [0.2, 0.25) is 0 Å². The van der Waals surface area contributed by atoms with Gasteiger partial charge >= 0.3 is 0 Å². The van der Waals surface area contributed by atoms with E-state index in [1.54, 1.807) is 49.6 Å². The molecule has 0 spiro atoms. The number of carbonyl (C=O) groups is 1. The Balaban J connectivity index is 1.49. The molecule has 0 fully saturated rings. The number of phenolic OH excluding ortho intramolecular Hbond substituents is 1. The number of thiazole rings is 1. The molecule has 1 heterocycles. The number of fused-ring (bicyclic) bond motifs is 1. The Kier molecular flexibility index (Phi) is 5.60. The van der Waals surface area contributed by atoms with Crippen LogP contribution in [-0.2, 0) is 0 Å². The SMILES string of the molecule is COc1ccc(C(=O)NC(=S)Nc2ccc(O)c(-c3nc4ccccc4s3)c2)cc1. The van der Waals surface area contributed by atoms with Gasteiger partial charge in [-0.05, 0) is 66.8 Å². The Hall–Kier alpha value is -3.49. The smallest absolute Gasteiger partial charge is 0.257 e. The van der Waals surface area contributed by atoms with E-state index in [-0.39, 0.29) is 16.8 Å². The Morgan fingerprint density at radius 3 is 2.60 bits per heavy atom. The van der Waals surface area contributed by atoms with Gasteiger partial charge in [0, 0.05) is 11.3 Å². The lowest BCUT2D eigenvalue weighted by molar-refractivity contribution is 0.0977. The first-order valence-corrected chi connectivity index (χ1v) is 10.2. The summed E-state index contributed by atoms with van der Waals surface area (Å²) in [6.07, 6.45) is 0. The number of carbonyl (C=O) groups excluding carboxylic acids is 1. The van der Waals surface area contributed by atoms with Gasteiger partial charge in [-0.2, -0.15) is 0 Å². The number of phenols is 1. The van der Waals surface area contributed by atoms with Crippen LogP contribution in [0.1, 0.15) is 10.4 Å². The molecule has 1 aromatic heterocycles. The van der Waals surface area contributed by atoms with Crippen LogP contribution in [0.3, 0.4) is 0 Å². The molecule has 0 bridgehead atoms. The predicted octanol–water partition coefficient (Wildman–Crippen LogP) is 4.80. The highest BCUT2D eigenvalue weighted by atomic mass is 32.1. The van der Waals surface area contributed by atoms with Crippen LogP contribution in [0.2, 0.25) is 0 Å². The number of aromatic hydroxyl groups is 1. The van der Waals surface area contributed by atoms with E-state index >= 15 is 0 Å². The summed E-state index contributed by atoms with van der Waals surface area (Å²) in [5.41, 5.74) is 2.55. The van der Waals surface area contributed by atoms with Crippen LogP contribution < -0.4 is 15.4 Å². The number of amides is 1. The number of thiocarbonyl (C=S) groups is 1. The second-order valence-electron chi connectivity index (χ2n) is 6.36. The number of aromatic nitrogens is 1. The highest BCUT2D eigenvalue weighted by Crippen LogP contribution is 2.36. The second-order valence-corrected chi connectivity index (χ2v) is 7.79. The lowest BCUT2D eigenvalue weighted by Gasteiger charge is -2.11. The van der Waals surface area contributed by atoms with Crippen molar-refractivity contribution < 1.29 is 14.6 Å². The van der Waals surface area contributed by atoms with Gasteiger partial charge in [-0.15, -0.1) is 11.3 Å². The fourth-order valence-corrected chi connectivity index (χ4v) is 4.05. The van der Waals surface area contributed by atoms with E-state index in [0.29, 0.717) is 27.6 Å². The minimum Gasteiger partial charge on any atom is -0.507 e. The van der Waals surface area contributed by atoms with Gasteiger partial charge in [0.05, 0.1) is 22.9 Å². The summed E-state index contributed by atoms with van der Waals surface area (Å²) in [7, 11) is 1.56. The number of anilines is 1. The van der Waals surface area contributed by atoms with Gasteiger partial charge in [-0.3, -0.25) is 10.1 Å². The van der Waals surface area contributed by atoms with Crippen LogP contribution >= 0.6 is 23.6 Å². The molecule has 3 aromatic carbocycles. The summed E-state index contributed by atoms with van der Waals surface area (Å²) in [6.45, 7) is 0. The molecule has 0 radical (unpaired) electrons. The minimum atomic E-state index is -0.333. The van der Waals surface area contributed by atoms with E-state index in [0.717, 1.165) is 10.2 Å². The Morgan fingerprint density at radius 1 is 1.10 bits per heavy atom. The van der Waals surface area contributed by atoms with E-state index < -0.39 is 0 Å². The van der Waals surface area contributed by atoms with Gasteiger partial charge in [0.1, 0.15) is 16.5 Å². The standard InChI is InChI=1S/C22H17N3O3S2/c1-28-15-9-6-13(7-10-15)20(27)25-22(29)23-14-8-11-18(26)16(12-14)21-24-17-4-2-3-5-19(17)30-21/h2-12,26H,1H3,(H2,23,25,27,29). The van der Waals surface area contributed by atoms with Crippen molar-refractivity contribution >= 4 is 50.5 Å². The molecule has 0 saturated carbocycles. The predicted molar refractivity (Wildman–Crippen MR) is 123 cm³/mol. The number of benzene rings is 3. The number of hydrogen-bond donors (Lipinski definition) is 3. The number of hydrogen-bond acceptors (Lipinski definition) is 6. The van der Waals surface area contributed by atoms with Crippen molar-refractivity contribution in [3.05, 3.63) is 72.3 Å². The third-order valence-electron chi connectivity index (χ3n) is 4.36. The first-order valence-electron chi connectivity index (χ1n) is 8.99. The van der Waals surface area contributed by atoms with Gasteiger partial charge in [0.25, 0.3) is 5.91 Å². The molecule has 150 valence electrons. The van der Waals surface area contributed by atoms with E-state index in [1.807, 2.05) is 24.3 Å². The fraction of sp³-hybridized carbons (Fsp3) is 0.0455. The van der Waals surface area contributed by atoms with Crippen LogP contribution in [0.25, 0.3) is 20.8 Å². The number of nitrogens with one attached hydrogen (secondary N) is 2. The lowest BCUT2D eigenvalue weighted by Crippen LogP contribution is -2.34. The summed E-state index contributed by atoms with van der Waals surface area (Å²) in [5.74, 6) is 0.451. The maximum atomic E-state index is 12.4. The van der Waals surface area contributed by atoms with Crippen molar-refractivity contribution in [2.75, 3.05) is 12.4 Å². The minimum absolute atomic E-state index is 0.118. The third kappa shape index (κ3) is 4.24. The second kappa shape index (κ2) is 8.48. The van der Waals surface area contributed by atoms with Gasteiger partial charge in [0.15, 0.2) is 5.11 Å². The monoisotopic (exact) mass is 435 g/mol. The molecule has 0 unspecified atom stereocenters. The van der Waals surface area contributed by atoms with Crippen molar-refractivity contribution in [2.24, 2.45) is 0 Å². The molecule has 1 amide bonds. The van der Waals surface area contributed by atoms with Gasteiger partial charge in [-0.1, -0.05) is 12.1 Å². The first-order chi connectivity index (χ1) is 14.5. The maximum Gasteiger partial charge on any atom is 0.257 e. The largest absolute Gasteiger partial charge is 0.507 e. The molecular formula is C22H17N3O3S2. The van der Waals surface area contributed by atoms with Crippen molar-refractivity contribution in [1.82, 2.24) is 10.3 Å². The molecule has 0 aliphatic carbocycles. The maximum absolute atomic E-state index is 12.4. The lowest BCUT2D eigenvalue weighted by atomic mass is 10.2. The molecule has 0 aliphatic rings. The molecule has 30 heavy (non-hydrogen) atoms. The van der Waals surface area contributed by atoms with Crippen LogP contribution in [0.4, 0.5) is 5.69 Å². The normalized spacial score (nSPS) is 10.6. The zero-order valence-electron chi connectivity index (χ0n) is 15.9. The number of methoxy groups -OCH3 is 1. The van der Waals surface area contributed by atoms with Crippen LogP contribution in [0.15, 0.2) is 66.7 Å². The molecule has 4 aromatic rings. The Labute approximate surface area is 182 Å². The van der Waals surface area contributed by atoms with Crippen molar-refractivity contribution in [3.8, 4) is 22.1 Å². The molecule has 4 rings (SSSR count). The van der Waals surface area contributed by atoms with Crippen molar-refractivity contribution in [1.29, 1.82) is 0 Å². The number of rotatable bonds is 4. The van der Waals surface area contributed by atoms with E-state index in [1.165, 1.54) is 11.3 Å². The van der Waals surface area contributed by atoms with Crippen LogP contribution in [0, 0.1) is 0 Å². The third-order valence-corrected chi connectivity index (χ3v) is 5.63. The highest BCUT2D eigenvalue weighted by Gasteiger charge is 2.13. The molecule has 0 saturated heterocycles. The quantitative estimate of drug-likeness (QED) is 0.315. The Morgan fingerprint density at radius 2 is 1.87 bits per heavy atom. The van der Waals surface area contributed by atoms with Crippen molar-refractivity contribution in [3.63, 3.8) is 0 Å². The first kappa shape index (κ1) is 19.8. The van der Waals surface area contributed by atoms with E-state index in [4.69, 9.17) is 17.0 Å².